The third-order valence-electron chi connectivity index (χ3n) is 4.08. The summed E-state index contributed by atoms with van der Waals surface area (Å²) in [4.78, 5) is 0. The van der Waals surface area contributed by atoms with Crippen molar-refractivity contribution in [2.75, 3.05) is 12.4 Å². The Labute approximate surface area is 164 Å². The molecule has 0 aliphatic rings. The van der Waals surface area contributed by atoms with Gasteiger partial charge in [-0.3, -0.25) is 0 Å². The summed E-state index contributed by atoms with van der Waals surface area (Å²) in [6.07, 6.45) is 0.904. The quantitative estimate of drug-likeness (QED) is 0.420. The van der Waals surface area contributed by atoms with Gasteiger partial charge in [0.15, 0.2) is 11.0 Å². The summed E-state index contributed by atoms with van der Waals surface area (Å²) in [6, 6.07) is 17.6. The van der Waals surface area contributed by atoms with E-state index in [9.17, 15) is 0 Å². The number of benzene rings is 2. The zero-order valence-corrected chi connectivity index (χ0v) is 16.4. The van der Waals surface area contributed by atoms with Crippen LogP contribution < -0.4 is 4.74 Å². The molecule has 0 aliphatic carbocycles. The van der Waals surface area contributed by atoms with E-state index in [4.69, 9.17) is 10.00 Å². The number of thioether (sulfide) groups is 1. The van der Waals surface area contributed by atoms with Gasteiger partial charge in [-0.05, 0) is 50.6 Å². The lowest BCUT2D eigenvalue weighted by Gasteiger charge is -2.08. The second-order valence-corrected chi connectivity index (χ2v) is 7.17. The lowest BCUT2D eigenvalue weighted by atomic mass is 10.1. The Balaban J connectivity index is 1.53. The van der Waals surface area contributed by atoms with Crippen LogP contribution in [0.4, 0.5) is 0 Å². The second-order valence-electron chi connectivity index (χ2n) is 6.11. The molecule has 3 rings (SSSR count). The van der Waals surface area contributed by atoms with Crippen LogP contribution in [0.25, 0.3) is 11.4 Å². The van der Waals surface area contributed by atoms with Crippen molar-refractivity contribution >= 4 is 11.8 Å². The molecule has 0 aliphatic heterocycles. The van der Waals surface area contributed by atoms with Gasteiger partial charge in [0.05, 0.1) is 18.2 Å². The molecule has 0 bridgehead atoms. The Kier molecular flexibility index (Phi) is 6.50. The van der Waals surface area contributed by atoms with Gasteiger partial charge in [0, 0.05) is 17.9 Å². The van der Waals surface area contributed by atoms with E-state index in [1.165, 1.54) is 5.56 Å². The molecule has 0 radical (unpaired) electrons. The molecule has 5 nitrogen and oxygen atoms in total. The molecule has 0 saturated carbocycles. The summed E-state index contributed by atoms with van der Waals surface area (Å²) in [5.74, 6) is 2.61. The number of nitriles is 1. The summed E-state index contributed by atoms with van der Waals surface area (Å²) in [7, 11) is 0. The Morgan fingerprint density at radius 2 is 1.96 bits per heavy atom. The van der Waals surface area contributed by atoms with Crippen molar-refractivity contribution in [2.24, 2.45) is 0 Å². The number of aromatic nitrogens is 3. The highest BCUT2D eigenvalue weighted by Gasteiger charge is 2.13. The third-order valence-corrected chi connectivity index (χ3v) is 5.13. The molecule has 6 heteroatoms. The van der Waals surface area contributed by atoms with Crippen LogP contribution in [0.5, 0.6) is 5.75 Å². The maximum atomic E-state index is 8.81. The van der Waals surface area contributed by atoms with Crippen molar-refractivity contribution in [1.29, 1.82) is 5.26 Å². The fourth-order valence-corrected chi connectivity index (χ4v) is 3.63. The predicted octanol–water partition coefficient (Wildman–Crippen LogP) is 4.71. The fourth-order valence-electron chi connectivity index (χ4n) is 2.72. The Bertz CT molecular complexity index is 928. The van der Waals surface area contributed by atoms with Crippen molar-refractivity contribution < 1.29 is 4.74 Å². The minimum Gasteiger partial charge on any atom is -0.494 e. The molecule has 1 heterocycles. The van der Waals surface area contributed by atoms with E-state index in [1.807, 2.05) is 18.2 Å². The summed E-state index contributed by atoms with van der Waals surface area (Å²) >= 11 is 1.70. The van der Waals surface area contributed by atoms with Crippen LogP contribution in [0, 0.1) is 18.3 Å². The van der Waals surface area contributed by atoms with Crippen molar-refractivity contribution in [2.45, 2.75) is 32.0 Å². The summed E-state index contributed by atoms with van der Waals surface area (Å²) in [5, 5.41) is 18.5. The Hall–Kier alpha value is -2.78. The Morgan fingerprint density at radius 3 is 2.67 bits per heavy atom. The zero-order chi connectivity index (χ0) is 19.1. The van der Waals surface area contributed by atoms with Crippen LogP contribution in [-0.4, -0.2) is 27.1 Å². The smallest absolute Gasteiger partial charge is 0.191 e. The van der Waals surface area contributed by atoms with Crippen molar-refractivity contribution in [3.05, 3.63) is 59.7 Å². The first-order chi connectivity index (χ1) is 13.2. The highest BCUT2D eigenvalue weighted by atomic mass is 32.2. The van der Waals surface area contributed by atoms with E-state index in [1.54, 1.807) is 23.9 Å². The first-order valence-electron chi connectivity index (χ1n) is 8.97. The van der Waals surface area contributed by atoms with Crippen LogP contribution in [0.3, 0.4) is 0 Å². The maximum absolute atomic E-state index is 8.81. The third kappa shape index (κ3) is 4.89. The largest absolute Gasteiger partial charge is 0.494 e. The van der Waals surface area contributed by atoms with Gasteiger partial charge < -0.3 is 9.30 Å². The number of rotatable bonds is 8. The standard InChI is InChI=1S/C21H22N4OS/c1-3-25-20(18-7-4-6-16(2)14-18)23-24-21(25)27-13-5-12-26-19-10-8-17(15-22)9-11-19/h4,6-11,14H,3,5,12-13H2,1-2H3. The van der Waals surface area contributed by atoms with Gasteiger partial charge in [-0.1, -0.05) is 35.5 Å². The molecular weight excluding hydrogens is 356 g/mol. The number of ether oxygens (including phenoxy) is 1. The van der Waals surface area contributed by atoms with Gasteiger partial charge in [-0.15, -0.1) is 10.2 Å². The average Bonchev–Trinajstić information content (AvgIpc) is 3.11. The molecule has 1 aromatic heterocycles. The molecule has 0 spiro atoms. The summed E-state index contributed by atoms with van der Waals surface area (Å²) < 4.78 is 7.88. The van der Waals surface area contributed by atoms with E-state index in [0.29, 0.717) is 12.2 Å². The number of hydrogen-bond acceptors (Lipinski definition) is 5. The highest BCUT2D eigenvalue weighted by molar-refractivity contribution is 7.99. The van der Waals surface area contributed by atoms with E-state index in [0.717, 1.165) is 41.0 Å². The molecule has 138 valence electrons. The topological polar surface area (TPSA) is 63.7 Å². The summed E-state index contributed by atoms with van der Waals surface area (Å²) in [5.41, 5.74) is 2.95. The normalized spacial score (nSPS) is 10.6. The number of nitrogens with zero attached hydrogens (tertiary/aromatic N) is 4. The van der Waals surface area contributed by atoms with Gasteiger partial charge in [-0.25, -0.2) is 0 Å². The van der Waals surface area contributed by atoms with Gasteiger partial charge >= 0.3 is 0 Å². The fraction of sp³-hybridized carbons (Fsp3) is 0.286. The predicted molar refractivity (Wildman–Crippen MR) is 108 cm³/mol. The SMILES string of the molecule is CCn1c(SCCCOc2ccc(C#N)cc2)nnc1-c1cccc(C)c1. The van der Waals surface area contributed by atoms with Crippen molar-refractivity contribution in [3.63, 3.8) is 0 Å². The molecule has 0 unspecified atom stereocenters. The molecular formula is C21H22N4OS. The van der Waals surface area contributed by atoms with Gasteiger partial charge in [0.1, 0.15) is 5.75 Å². The van der Waals surface area contributed by atoms with E-state index < -0.39 is 0 Å². The lowest BCUT2D eigenvalue weighted by molar-refractivity contribution is 0.318. The van der Waals surface area contributed by atoms with Gasteiger partial charge in [-0.2, -0.15) is 5.26 Å². The molecule has 27 heavy (non-hydrogen) atoms. The van der Waals surface area contributed by atoms with E-state index in [2.05, 4.69) is 52.9 Å². The first-order valence-corrected chi connectivity index (χ1v) is 9.96. The second kappa shape index (κ2) is 9.24. The van der Waals surface area contributed by atoms with Crippen LogP contribution in [-0.2, 0) is 6.54 Å². The molecule has 0 fully saturated rings. The van der Waals surface area contributed by atoms with Crippen LogP contribution in [0.2, 0.25) is 0 Å². The lowest BCUT2D eigenvalue weighted by Crippen LogP contribution is -2.02. The monoisotopic (exact) mass is 378 g/mol. The highest BCUT2D eigenvalue weighted by Crippen LogP contribution is 2.25. The molecule has 2 aromatic carbocycles. The molecule has 0 atom stereocenters. The van der Waals surface area contributed by atoms with Crippen LogP contribution >= 0.6 is 11.8 Å². The van der Waals surface area contributed by atoms with Crippen molar-refractivity contribution in [1.82, 2.24) is 14.8 Å². The maximum Gasteiger partial charge on any atom is 0.191 e. The molecule has 0 saturated heterocycles. The first kappa shape index (κ1) is 19.0. The van der Waals surface area contributed by atoms with E-state index >= 15 is 0 Å². The van der Waals surface area contributed by atoms with Gasteiger partial charge in [0.2, 0.25) is 0 Å². The minimum absolute atomic E-state index is 0.629. The molecule has 3 aromatic rings. The molecule has 0 amide bonds. The zero-order valence-electron chi connectivity index (χ0n) is 15.6. The van der Waals surface area contributed by atoms with Crippen molar-refractivity contribution in [3.8, 4) is 23.2 Å². The Morgan fingerprint density at radius 1 is 1.15 bits per heavy atom. The van der Waals surface area contributed by atoms with Crippen LogP contribution in [0.15, 0.2) is 53.7 Å². The minimum atomic E-state index is 0.629. The number of aryl methyl sites for hydroxylation is 1. The summed E-state index contributed by atoms with van der Waals surface area (Å²) in [6.45, 7) is 5.66. The van der Waals surface area contributed by atoms with E-state index in [-0.39, 0.29) is 0 Å². The number of hydrogen-bond donors (Lipinski definition) is 0. The van der Waals surface area contributed by atoms with Gasteiger partial charge in [0.25, 0.3) is 0 Å². The molecule has 0 N–H and O–H groups in total. The average molecular weight is 379 g/mol. The van der Waals surface area contributed by atoms with Crippen LogP contribution in [0.1, 0.15) is 24.5 Å².